The van der Waals surface area contributed by atoms with Crippen molar-refractivity contribution in [2.75, 3.05) is 7.05 Å². The Bertz CT molecular complexity index is 556. The van der Waals surface area contributed by atoms with Gasteiger partial charge < -0.3 is 10.7 Å². The molecule has 4 heteroatoms. The number of hydrogen-bond donors (Lipinski definition) is 2. The smallest absolute Gasteiger partial charge is 0.0989 e. The number of rotatable bonds is 3. The van der Waals surface area contributed by atoms with Gasteiger partial charge in [0.2, 0.25) is 0 Å². The molecule has 0 bridgehead atoms. The molecule has 2 aliphatic carbocycles. The first-order chi connectivity index (χ1) is 9.05. The van der Waals surface area contributed by atoms with E-state index >= 15 is 0 Å². The van der Waals surface area contributed by atoms with Gasteiger partial charge in [0.1, 0.15) is 0 Å². The summed E-state index contributed by atoms with van der Waals surface area (Å²) in [7, 11) is 1.97. The van der Waals surface area contributed by atoms with Crippen LogP contribution in [0.5, 0.6) is 0 Å². The monoisotopic (exact) mass is 273 g/mol. The Morgan fingerprint density at radius 2 is 2.42 bits per heavy atom. The van der Waals surface area contributed by atoms with Crippen molar-refractivity contribution in [1.29, 1.82) is 5.41 Å². The first kappa shape index (κ1) is 12.7. The second-order valence-corrected chi connectivity index (χ2v) is 6.81. The molecule has 1 heterocycles. The molecule has 0 aromatic heterocycles. The summed E-state index contributed by atoms with van der Waals surface area (Å²) in [5.41, 5.74) is 2.95. The van der Waals surface area contributed by atoms with Crippen LogP contribution in [0.1, 0.15) is 20.3 Å². The fraction of sp³-hybridized carbons (Fsp3) is 0.467. The van der Waals surface area contributed by atoms with Crippen molar-refractivity contribution in [3.63, 3.8) is 0 Å². The Kier molecular flexibility index (Phi) is 2.93. The van der Waals surface area contributed by atoms with E-state index in [0.29, 0.717) is 16.9 Å². The summed E-state index contributed by atoms with van der Waals surface area (Å²) in [4.78, 5) is 6.41. The molecule has 3 unspecified atom stereocenters. The van der Waals surface area contributed by atoms with Crippen molar-refractivity contribution in [2.24, 2.45) is 10.9 Å². The van der Waals surface area contributed by atoms with Crippen LogP contribution in [0.3, 0.4) is 0 Å². The minimum Gasteiger partial charge on any atom is -0.388 e. The van der Waals surface area contributed by atoms with Gasteiger partial charge in [0.15, 0.2) is 0 Å². The predicted octanol–water partition coefficient (Wildman–Crippen LogP) is 2.92. The SMILES string of the molecule is CNC1=CC2CC23N=C(/C=C\C(C)=N)C(C)SC3=C1. The van der Waals surface area contributed by atoms with Crippen LogP contribution < -0.4 is 5.32 Å². The topological polar surface area (TPSA) is 48.2 Å². The lowest BCUT2D eigenvalue weighted by molar-refractivity contribution is 0.756. The van der Waals surface area contributed by atoms with Crippen molar-refractivity contribution in [3.8, 4) is 0 Å². The summed E-state index contributed by atoms with van der Waals surface area (Å²) in [5.74, 6) is 0.555. The first-order valence-corrected chi connectivity index (χ1v) is 7.54. The fourth-order valence-corrected chi connectivity index (χ4v) is 4.03. The number of aliphatic imine (C=N–C) groups is 1. The van der Waals surface area contributed by atoms with Gasteiger partial charge in [0, 0.05) is 40.2 Å². The molecule has 3 nitrogen and oxygen atoms in total. The van der Waals surface area contributed by atoms with Gasteiger partial charge in [-0.3, -0.25) is 4.99 Å². The molecule has 19 heavy (non-hydrogen) atoms. The lowest BCUT2D eigenvalue weighted by Crippen LogP contribution is -2.28. The van der Waals surface area contributed by atoms with Crippen LogP contribution >= 0.6 is 11.8 Å². The van der Waals surface area contributed by atoms with E-state index in [1.165, 1.54) is 10.6 Å². The van der Waals surface area contributed by atoms with Crippen LogP contribution in [-0.2, 0) is 0 Å². The maximum absolute atomic E-state index is 7.49. The highest BCUT2D eigenvalue weighted by Gasteiger charge is 2.59. The zero-order valence-corrected chi connectivity index (χ0v) is 12.3. The molecule has 3 atom stereocenters. The quantitative estimate of drug-likeness (QED) is 0.777. The van der Waals surface area contributed by atoms with Gasteiger partial charge >= 0.3 is 0 Å². The minimum absolute atomic E-state index is 0.0349. The maximum atomic E-state index is 7.49. The zero-order valence-electron chi connectivity index (χ0n) is 11.5. The molecule has 0 aromatic rings. The van der Waals surface area contributed by atoms with Crippen molar-refractivity contribution >= 4 is 23.2 Å². The van der Waals surface area contributed by atoms with Gasteiger partial charge in [0.05, 0.1) is 5.54 Å². The molecule has 1 aliphatic heterocycles. The Balaban J connectivity index is 1.93. The zero-order chi connectivity index (χ0) is 13.6. The minimum atomic E-state index is 0.0349. The Morgan fingerprint density at radius 3 is 3.11 bits per heavy atom. The van der Waals surface area contributed by atoms with Crippen LogP contribution in [0, 0.1) is 11.3 Å². The molecule has 1 spiro atoms. The summed E-state index contributed by atoms with van der Waals surface area (Å²) in [6.07, 6.45) is 9.53. The number of allylic oxidation sites excluding steroid dienone is 3. The van der Waals surface area contributed by atoms with E-state index in [2.05, 4.69) is 24.4 Å². The van der Waals surface area contributed by atoms with Gasteiger partial charge in [-0.25, -0.2) is 0 Å². The van der Waals surface area contributed by atoms with Crippen LogP contribution in [0.15, 0.2) is 39.9 Å². The van der Waals surface area contributed by atoms with Gasteiger partial charge in [-0.05, 0) is 38.5 Å². The third-order valence-electron chi connectivity index (χ3n) is 3.92. The summed E-state index contributed by atoms with van der Waals surface area (Å²) in [6, 6.07) is 0. The van der Waals surface area contributed by atoms with Crippen LogP contribution in [0.2, 0.25) is 0 Å². The van der Waals surface area contributed by atoms with Gasteiger partial charge in [-0.2, -0.15) is 0 Å². The average Bonchev–Trinajstić information content (AvgIpc) is 3.07. The summed E-state index contributed by atoms with van der Waals surface area (Å²) in [6.45, 7) is 3.99. The van der Waals surface area contributed by atoms with E-state index in [1.54, 1.807) is 6.92 Å². The van der Waals surface area contributed by atoms with E-state index in [1.807, 2.05) is 31.0 Å². The molecule has 0 amide bonds. The summed E-state index contributed by atoms with van der Waals surface area (Å²) in [5, 5.41) is 11.1. The van der Waals surface area contributed by atoms with Crippen molar-refractivity contribution in [1.82, 2.24) is 5.32 Å². The first-order valence-electron chi connectivity index (χ1n) is 6.66. The van der Waals surface area contributed by atoms with Crippen molar-refractivity contribution in [3.05, 3.63) is 34.9 Å². The lowest BCUT2D eigenvalue weighted by Gasteiger charge is -2.29. The van der Waals surface area contributed by atoms with Crippen molar-refractivity contribution in [2.45, 2.75) is 31.1 Å². The molecule has 0 saturated heterocycles. The van der Waals surface area contributed by atoms with Crippen LogP contribution in [0.4, 0.5) is 0 Å². The highest BCUT2D eigenvalue weighted by Crippen LogP contribution is 2.61. The van der Waals surface area contributed by atoms with Gasteiger partial charge in [0.25, 0.3) is 0 Å². The Hall–Kier alpha value is -1.29. The van der Waals surface area contributed by atoms with Gasteiger partial charge in [-0.15, -0.1) is 11.8 Å². The molecular weight excluding hydrogens is 254 g/mol. The third kappa shape index (κ3) is 2.08. The molecule has 1 fully saturated rings. The molecule has 0 radical (unpaired) electrons. The Morgan fingerprint density at radius 1 is 1.63 bits per heavy atom. The van der Waals surface area contributed by atoms with Gasteiger partial charge in [-0.1, -0.05) is 6.08 Å². The number of likely N-dealkylation sites (N-methyl/N-ethyl adjacent to an activating group) is 1. The summed E-state index contributed by atoms with van der Waals surface area (Å²) >= 11 is 1.92. The number of hydrogen-bond acceptors (Lipinski definition) is 4. The average molecular weight is 273 g/mol. The van der Waals surface area contributed by atoms with E-state index < -0.39 is 0 Å². The fourth-order valence-electron chi connectivity index (χ4n) is 2.72. The molecule has 0 aromatic carbocycles. The Labute approximate surface area is 118 Å². The molecular formula is C15H19N3S. The van der Waals surface area contributed by atoms with Crippen LogP contribution in [-0.4, -0.2) is 29.3 Å². The van der Waals surface area contributed by atoms with E-state index in [4.69, 9.17) is 10.4 Å². The van der Waals surface area contributed by atoms with Crippen molar-refractivity contribution < 1.29 is 0 Å². The second kappa shape index (κ2) is 4.37. The molecule has 1 saturated carbocycles. The van der Waals surface area contributed by atoms with E-state index in [-0.39, 0.29) is 5.54 Å². The molecule has 3 aliphatic rings. The number of nitrogens with zero attached hydrogens (tertiary/aromatic N) is 1. The largest absolute Gasteiger partial charge is 0.388 e. The highest BCUT2D eigenvalue weighted by molar-refractivity contribution is 8.04. The van der Waals surface area contributed by atoms with Crippen LogP contribution in [0.25, 0.3) is 0 Å². The van der Waals surface area contributed by atoms with E-state index in [0.717, 1.165) is 12.1 Å². The third-order valence-corrected chi connectivity index (χ3v) is 5.24. The standard InChI is InChI=1S/C15H19N3S/c1-9(16)4-5-13-10(2)19-14-7-12(17-3)6-11-8-15(11,14)18-13/h4-7,10-11,16-17H,8H2,1-3H3/b5-4-,16-9?. The maximum Gasteiger partial charge on any atom is 0.0989 e. The normalized spacial score (nSPS) is 35.8. The number of thioether (sulfide) groups is 1. The lowest BCUT2D eigenvalue weighted by atomic mass is 10.1. The molecule has 2 N–H and O–H groups in total. The molecule has 3 rings (SSSR count). The molecule has 100 valence electrons. The second-order valence-electron chi connectivity index (χ2n) is 5.43. The number of nitrogens with one attached hydrogen (secondary N) is 2. The summed E-state index contributed by atoms with van der Waals surface area (Å²) < 4.78 is 0. The van der Waals surface area contributed by atoms with E-state index in [9.17, 15) is 0 Å². The predicted molar refractivity (Wildman–Crippen MR) is 83.1 cm³/mol. The highest BCUT2D eigenvalue weighted by atomic mass is 32.2.